The minimum Gasteiger partial charge on any atom is -0.370 e. The molecule has 5 nitrogen and oxygen atoms in total. The molecule has 0 bridgehead atoms. The molecule has 1 aliphatic heterocycles. The molecule has 2 fully saturated rings. The topological polar surface area (TPSA) is 57.8 Å². The number of rotatable bonds is 4. The summed E-state index contributed by atoms with van der Waals surface area (Å²) in [7, 11) is 0. The third-order valence-electron chi connectivity index (χ3n) is 5.28. The van der Waals surface area contributed by atoms with Crippen LogP contribution in [0.4, 0.5) is 5.13 Å². The molecule has 0 unspecified atom stereocenters. The van der Waals surface area contributed by atoms with E-state index in [1.807, 2.05) is 11.6 Å². The van der Waals surface area contributed by atoms with Crippen LogP contribution < -0.4 is 10.6 Å². The first-order valence-electron chi connectivity index (χ1n) is 8.42. The second-order valence-electron chi connectivity index (χ2n) is 6.52. The van der Waals surface area contributed by atoms with Gasteiger partial charge < -0.3 is 15.5 Å². The van der Waals surface area contributed by atoms with Gasteiger partial charge in [0.05, 0.1) is 0 Å². The minimum atomic E-state index is 0. The van der Waals surface area contributed by atoms with Gasteiger partial charge in [0.2, 0.25) is 0 Å². The summed E-state index contributed by atoms with van der Waals surface area (Å²) in [5.74, 6) is 0.735. The van der Waals surface area contributed by atoms with E-state index < -0.39 is 0 Å². The first-order chi connectivity index (χ1) is 10.7. The molecule has 0 radical (unpaired) electrons. The third-order valence-corrected chi connectivity index (χ3v) is 6.12. The molecule has 2 N–H and O–H groups in total. The quantitative estimate of drug-likeness (QED) is 0.436. The van der Waals surface area contributed by atoms with Crippen LogP contribution in [0.2, 0.25) is 0 Å². The van der Waals surface area contributed by atoms with Crippen LogP contribution in [0.15, 0.2) is 16.6 Å². The van der Waals surface area contributed by atoms with Crippen molar-refractivity contribution in [2.75, 3.05) is 37.6 Å². The molecule has 0 atom stereocenters. The highest BCUT2D eigenvalue weighted by atomic mass is 127. The fourth-order valence-corrected chi connectivity index (χ4v) is 4.29. The van der Waals surface area contributed by atoms with Gasteiger partial charge in [0.25, 0.3) is 0 Å². The zero-order valence-corrected chi connectivity index (χ0v) is 17.1. The summed E-state index contributed by atoms with van der Waals surface area (Å²) < 4.78 is 0. The van der Waals surface area contributed by atoms with Gasteiger partial charge in [0.1, 0.15) is 0 Å². The maximum Gasteiger partial charge on any atom is 0.191 e. The Balaban J connectivity index is 0.00000192. The third kappa shape index (κ3) is 4.49. The molecular weight excluding hydrogens is 421 g/mol. The number of nitrogens with two attached hydrogens (primary N) is 1. The normalized spacial score (nSPS) is 21.3. The number of hydrogen-bond donors (Lipinski definition) is 1. The van der Waals surface area contributed by atoms with E-state index >= 15 is 0 Å². The molecule has 1 aliphatic carbocycles. The van der Waals surface area contributed by atoms with Crippen LogP contribution in [0.25, 0.3) is 0 Å². The Labute approximate surface area is 160 Å². The Bertz CT molecular complexity index is 491. The molecule has 0 aromatic carbocycles. The fourth-order valence-electron chi connectivity index (χ4n) is 3.60. The van der Waals surface area contributed by atoms with Crippen molar-refractivity contribution >= 4 is 46.4 Å². The number of guanidine groups is 1. The summed E-state index contributed by atoms with van der Waals surface area (Å²) in [5, 5.41) is 3.15. The number of nitrogens with zero attached hydrogens (tertiary/aromatic N) is 4. The lowest BCUT2D eigenvalue weighted by Gasteiger charge is -2.35. The van der Waals surface area contributed by atoms with E-state index in [4.69, 9.17) is 10.7 Å². The SMILES string of the molecule is CCC1(CN=C(N)N2CCN(c3nccs3)CC2)CCCC1.I. The van der Waals surface area contributed by atoms with E-state index in [9.17, 15) is 0 Å². The number of thiazole rings is 1. The number of piperazine rings is 1. The van der Waals surface area contributed by atoms with E-state index in [0.717, 1.165) is 43.8 Å². The van der Waals surface area contributed by atoms with Crippen molar-refractivity contribution in [3.05, 3.63) is 11.6 Å². The van der Waals surface area contributed by atoms with Crippen molar-refractivity contribution in [3.63, 3.8) is 0 Å². The van der Waals surface area contributed by atoms with Gasteiger partial charge in [-0.15, -0.1) is 35.3 Å². The Hall–Kier alpha value is -0.570. The van der Waals surface area contributed by atoms with Crippen molar-refractivity contribution in [1.82, 2.24) is 9.88 Å². The highest BCUT2D eigenvalue weighted by Gasteiger charge is 2.32. The van der Waals surface area contributed by atoms with Gasteiger partial charge in [-0.1, -0.05) is 19.8 Å². The van der Waals surface area contributed by atoms with E-state index in [2.05, 4.69) is 21.7 Å². The second kappa shape index (κ2) is 8.50. The molecule has 1 saturated heterocycles. The summed E-state index contributed by atoms with van der Waals surface area (Å²) >= 11 is 1.70. The van der Waals surface area contributed by atoms with Crippen LogP contribution >= 0.6 is 35.3 Å². The number of aliphatic imine (C=N–C) groups is 1. The average Bonchev–Trinajstić information content (AvgIpc) is 3.25. The molecule has 2 aliphatic rings. The van der Waals surface area contributed by atoms with Gasteiger partial charge in [0.15, 0.2) is 11.1 Å². The molecular formula is C16H28IN5S. The predicted octanol–water partition coefficient (Wildman–Crippen LogP) is 3.17. The summed E-state index contributed by atoms with van der Waals surface area (Å²) in [6.07, 6.45) is 8.44. The first kappa shape index (κ1) is 18.8. The fraction of sp³-hybridized carbons (Fsp3) is 0.750. The average molecular weight is 449 g/mol. The maximum absolute atomic E-state index is 6.25. The van der Waals surface area contributed by atoms with Crippen LogP contribution in [0.1, 0.15) is 39.0 Å². The summed E-state index contributed by atoms with van der Waals surface area (Å²) in [6.45, 7) is 7.03. The molecule has 7 heteroatoms. The van der Waals surface area contributed by atoms with Gasteiger partial charge in [0, 0.05) is 44.3 Å². The van der Waals surface area contributed by atoms with Gasteiger partial charge in [-0.25, -0.2) is 4.98 Å². The van der Waals surface area contributed by atoms with Gasteiger partial charge in [-0.05, 0) is 24.7 Å². The Morgan fingerprint density at radius 1 is 1.30 bits per heavy atom. The van der Waals surface area contributed by atoms with Crippen LogP contribution in [0.3, 0.4) is 0 Å². The minimum absolute atomic E-state index is 0. The first-order valence-corrected chi connectivity index (χ1v) is 9.30. The molecule has 0 spiro atoms. The van der Waals surface area contributed by atoms with E-state index in [1.54, 1.807) is 11.3 Å². The van der Waals surface area contributed by atoms with Crippen molar-refractivity contribution < 1.29 is 0 Å². The summed E-state index contributed by atoms with van der Waals surface area (Å²) in [6, 6.07) is 0. The smallest absolute Gasteiger partial charge is 0.191 e. The predicted molar refractivity (Wildman–Crippen MR) is 109 cm³/mol. The van der Waals surface area contributed by atoms with Crippen molar-refractivity contribution in [3.8, 4) is 0 Å². The highest BCUT2D eigenvalue weighted by Crippen LogP contribution is 2.41. The molecule has 1 aromatic heterocycles. The van der Waals surface area contributed by atoms with Crippen molar-refractivity contribution in [2.24, 2.45) is 16.1 Å². The lowest BCUT2D eigenvalue weighted by molar-refractivity contribution is 0.294. The Morgan fingerprint density at radius 3 is 2.57 bits per heavy atom. The Morgan fingerprint density at radius 2 is 2.00 bits per heavy atom. The van der Waals surface area contributed by atoms with Gasteiger partial charge in [-0.2, -0.15) is 0 Å². The van der Waals surface area contributed by atoms with Crippen LogP contribution in [0, 0.1) is 5.41 Å². The number of anilines is 1. The molecule has 0 amide bonds. The van der Waals surface area contributed by atoms with Crippen LogP contribution in [-0.4, -0.2) is 48.6 Å². The molecule has 23 heavy (non-hydrogen) atoms. The van der Waals surface area contributed by atoms with E-state index in [0.29, 0.717) is 5.41 Å². The summed E-state index contributed by atoms with van der Waals surface area (Å²) in [5.41, 5.74) is 6.67. The molecule has 1 saturated carbocycles. The largest absolute Gasteiger partial charge is 0.370 e. The maximum atomic E-state index is 6.25. The van der Waals surface area contributed by atoms with Crippen LogP contribution in [0.5, 0.6) is 0 Å². The number of aromatic nitrogens is 1. The number of hydrogen-bond acceptors (Lipinski definition) is 4. The molecule has 3 rings (SSSR count). The lowest BCUT2D eigenvalue weighted by atomic mass is 9.84. The standard InChI is InChI=1S/C16H27N5S.HI/c1-2-16(5-3-4-6-16)13-19-14(17)20-8-10-21(11-9-20)15-18-7-12-22-15;/h7,12H,2-6,8-11,13H2,1H3,(H2,17,19);1H. The van der Waals surface area contributed by atoms with Crippen molar-refractivity contribution in [2.45, 2.75) is 39.0 Å². The van der Waals surface area contributed by atoms with Gasteiger partial charge >= 0.3 is 0 Å². The van der Waals surface area contributed by atoms with E-state index in [1.165, 1.54) is 32.1 Å². The Kier molecular flexibility index (Phi) is 6.94. The highest BCUT2D eigenvalue weighted by molar-refractivity contribution is 14.0. The molecule has 2 heterocycles. The molecule has 130 valence electrons. The van der Waals surface area contributed by atoms with Gasteiger partial charge in [-0.3, -0.25) is 4.99 Å². The summed E-state index contributed by atoms with van der Waals surface area (Å²) in [4.78, 5) is 13.7. The van der Waals surface area contributed by atoms with Crippen LogP contribution in [-0.2, 0) is 0 Å². The van der Waals surface area contributed by atoms with E-state index in [-0.39, 0.29) is 24.0 Å². The lowest BCUT2D eigenvalue weighted by Crippen LogP contribution is -2.51. The zero-order valence-electron chi connectivity index (χ0n) is 13.9. The monoisotopic (exact) mass is 449 g/mol. The second-order valence-corrected chi connectivity index (χ2v) is 7.40. The van der Waals surface area contributed by atoms with Crippen molar-refractivity contribution in [1.29, 1.82) is 0 Å². The number of halogens is 1. The molecule has 1 aromatic rings. The zero-order chi connectivity index (χ0) is 15.4.